The van der Waals surface area contributed by atoms with Crippen molar-refractivity contribution in [1.29, 1.82) is 0 Å². The Morgan fingerprint density at radius 1 is 1.16 bits per heavy atom. The van der Waals surface area contributed by atoms with Crippen molar-refractivity contribution in [3.8, 4) is 0 Å². The standard InChI is InChI=1S/C18H18ClNO5/c1-3-11-23-16(21)15(17(22)24-12-4-2)25-18(19)9-5-8-14-13(18)7-6-10-20-14/h3-10,15,20H,1-2,11-12H2. The number of halogens is 1. The summed E-state index contributed by atoms with van der Waals surface area (Å²) in [6, 6.07) is 0. The van der Waals surface area contributed by atoms with Gasteiger partial charge in [-0.2, -0.15) is 0 Å². The van der Waals surface area contributed by atoms with Gasteiger partial charge in [-0.3, -0.25) is 0 Å². The summed E-state index contributed by atoms with van der Waals surface area (Å²) in [6.45, 7) is 6.76. The fourth-order valence-electron chi connectivity index (χ4n) is 2.14. The molecular weight excluding hydrogens is 346 g/mol. The molecule has 2 aliphatic rings. The minimum Gasteiger partial charge on any atom is -0.459 e. The van der Waals surface area contributed by atoms with E-state index in [1.54, 1.807) is 30.5 Å². The van der Waals surface area contributed by atoms with Crippen molar-refractivity contribution >= 4 is 23.5 Å². The molecule has 0 fully saturated rings. The van der Waals surface area contributed by atoms with Crippen molar-refractivity contribution in [3.63, 3.8) is 0 Å². The third kappa shape index (κ3) is 4.49. The molecule has 7 heteroatoms. The summed E-state index contributed by atoms with van der Waals surface area (Å²) in [4.78, 5) is 24.4. The molecule has 0 aromatic rings. The van der Waals surface area contributed by atoms with E-state index in [1.807, 2.05) is 0 Å². The first-order valence-electron chi connectivity index (χ1n) is 7.47. The van der Waals surface area contributed by atoms with Crippen LogP contribution in [-0.4, -0.2) is 36.3 Å². The highest BCUT2D eigenvalue weighted by Crippen LogP contribution is 2.38. The van der Waals surface area contributed by atoms with E-state index in [-0.39, 0.29) is 13.2 Å². The Kier molecular flexibility index (Phi) is 6.38. The van der Waals surface area contributed by atoms with Gasteiger partial charge in [0.15, 0.2) is 5.06 Å². The number of esters is 2. The smallest absolute Gasteiger partial charge is 0.347 e. The molecule has 1 heterocycles. The van der Waals surface area contributed by atoms with Gasteiger partial charge >= 0.3 is 11.9 Å². The number of alkyl halides is 1. The van der Waals surface area contributed by atoms with E-state index in [0.29, 0.717) is 11.3 Å². The maximum absolute atomic E-state index is 12.2. The van der Waals surface area contributed by atoms with Gasteiger partial charge in [0.05, 0.1) is 0 Å². The van der Waals surface area contributed by atoms with Crippen LogP contribution in [0.1, 0.15) is 0 Å². The topological polar surface area (TPSA) is 73.9 Å². The van der Waals surface area contributed by atoms with Gasteiger partial charge in [-0.1, -0.05) is 49.1 Å². The van der Waals surface area contributed by atoms with Crippen LogP contribution in [0, 0.1) is 0 Å². The molecule has 0 radical (unpaired) electrons. The number of hydrogen-bond donors (Lipinski definition) is 1. The Hall–Kier alpha value is -2.57. The average Bonchev–Trinajstić information content (AvgIpc) is 2.62. The Morgan fingerprint density at radius 2 is 1.80 bits per heavy atom. The number of rotatable bonds is 8. The van der Waals surface area contributed by atoms with E-state index in [1.165, 1.54) is 18.2 Å². The van der Waals surface area contributed by atoms with Gasteiger partial charge in [-0.15, -0.1) is 0 Å². The van der Waals surface area contributed by atoms with Crippen LogP contribution in [0.5, 0.6) is 0 Å². The first-order chi connectivity index (χ1) is 12.0. The Bertz CT molecular complexity index is 668. The highest BCUT2D eigenvalue weighted by molar-refractivity contribution is 6.27. The van der Waals surface area contributed by atoms with Gasteiger partial charge in [0.1, 0.15) is 13.2 Å². The largest absolute Gasteiger partial charge is 0.459 e. The number of allylic oxidation sites excluding steroid dienone is 4. The van der Waals surface area contributed by atoms with Gasteiger partial charge in [-0.25, -0.2) is 9.59 Å². The molecule has 0 spiro atoms. The number of dihydropyridines is 1. The van der Waals surface area contributed by atoms with Crippen LogP contribution in [0.2, 0.25) is 0 Å². The maximum Gasteiger partial charge on any atom is 0.347 e. The lowest BCUT2D eigenvalue weighted by atomic mass is 9.98. The van der Waals surface area contributed by atoms with Crippen molar-refractivity contribution in [1.82, 2.24) is 5.32 Å². The van der Waals surface area contributed by atoms with Crippen molar-refractivity contribution in [2.75, 3.05) is 13.2 Å². The fraction of sp³-hybridized carbons (Fsp3) is 0.222. The number of carbonyl (C=O) groups is 2. The highest BCUT2D eigenvalue weighted by Gasteiger charge is 2.43. The number of ether oxygens (including phenoxy) is 3. The molecule has 0 aromatic carbocycles. The second kappa shape index (κ2) is 8.50. The van der Waals surface area contributed by atoms with Crippen molar-refractivity contribution in [2.24, 2.45) is 0 Å². The van der Waals surface area contributed by atoms with E-state index < -0.39 is 23.1 Å². The zero-order chi connectivity index (χ0) is 18.3. The normalized spacial score (nSPS) is 20.7. The zero-order valence-electron chi connectivity index (χ0n) is 13.4. The lowest BCUT2D eigenvalue weighted by Crippen LogP contribution is -2.44. The Labute approximate surface area is 150 Å². The fourth-order valence-corrected chi connectivity index (χ4v) is 2.47. The number of fused-ring (bicyclic) bond motifs is 1. The van der Waals surface area contributed by atoms with Crippen LogP contribution in [0.3, 0.4) is 0 Å². The molecule has 1 N–H and O–H groups in total. The summed E-state index contributed by atoms with van der Waals surface area (Å²) in [5.41, 5.74) is 1.25. The molecule has 6 nitrogen and oxygen atoms in total. The molecule has 0 amide bonds. The van der Waals surface area contributed by atoms with E-state index in [4.69, 9.17) is 25.8 Å². The Morgan fingerprint density at radius 3 is 2.40 bits per heavy atom. The number of carbonyl (C=O) groups excluding carboxylic acids is 2. The summed E-state index contributed by atoms with van der Waals surface area (Å²) in [5, 5.41) is 1.48. The molecule has 1 aliphatic carbocycles. The molecule has 2 rings (SSSR count). The van der Waals surface area contributed by atoms with Gasteiger partial charge < -0.3 is 19.5 Å². The van der Waals surface area contributed by atoms with Gasteiger partial charge in [0, 0.05) is 17.5 Å². The molecule has 0 saturated carbocycles. The zero-order valence-corrected chi connectivity index (χ0v) is 14.2. The van der Waals surface area contributed by atoms with E-state index in [2.05, 4.69) is 18.5 Å². The molecule has 1 aliphatic heterocycles. The Balaban J connectivity index is 2.25. The third-order valence-corrected chi connectivity index (χ3v) is 3.65. The molecule has 0 saturated heterocycles. The second-order valence-corrected chi connectivity index (χ2v) is 5.57. The monoisotopic (exact) mass is 363 g/mol. The SMILES string of the molecule is C=CCOC(=O)C(OC1(Cl)C=CC=C2NC=CC=C21)C(=O)OCC=C. The van der Waals surface area contributed by atoms with Crippen molar-refractivity contribution in [2.45, 2.75) is 11.2 Å². The maximum atomic E-state index is 12.2. The van der Waals surface area contributed by atoms with Gasteiger partial charge in [0.2, 0.25) is 0 Å². The lowest BCUT2D eigenvalue weighted by molar-refractivity contribution is -0.175. The minimum atomic E-state index is -1.66. The predicted octanol–water partition coefficient (Wildman–Crippen LogP) is 2.26. The summed E-state index contributed by atoms with van der Waals surface area (Å²) in [5.74, 6) is -1.84. The van der Waals surface area contributed by atoms with E-state index in [0.717, 1.165) is 0 Å². The second-order valence-electron chi connectivity index (χ2n) is 5.00. The van der Waals surface area contributed by atoms with E-state index in [9.17, 15) is 9.59 Å². The summed E-state index contributed by atoms with van der Waals surface area (Å²) in [7, 11) is 0. The first kappa shape index (κ1) is 18.8. The molecule has 1 atom stereocenters. The summed E-state index contributed by atoms with van der Waals surface area (Å²) >= 11 is 6.55. The molecular formula is C18H18ClNO5. The van der Waals surface area contributed by atoms with Gasteiger partial charge in [0.25, 0.3) is 6.10 Å². The van der Waals surface area contributed by atoms with Crippen LogP contribution in [0.4, 0.5) is 0 Å². The van der Waals surface area contributed by atoms with Crippen molar-refractivity contribution < 1.29 is 23.8 Å². The highest BCUT2D eigenvalue weighted by atomic mass is 35.5. The number of hydrogen-bond acceptors (Lipinski definition) is 6. The summed E-state index contributed by atoms with van der Waals surface area (Å²) in [6.07, 6.45) is 11.2. The van der Waals surface area contributed by atoms with E-state index >= 15 is 0 Å². The quantitative estimate of drug-likeness (QED) is 0.308. The lowest BCUT2D eigenvalue weighted by Gasteiger charge is -2.33. The predicted molar refractivity (Wildman–Crippen MR) is 93.4 cm³/mol. The summed E-state index contributed by atoms with van der Waals surface area (Å²) < 4.78 is 15.5. The van der Waals surface area contributed by atoms with Crippen molar-refractivity contribution in [3.05, 3.63) is 73.2 Å². The third-order valence-electron chi connectivity index (χ3n) is 3.23. The average molecular weight is 364 g/mol. The van der Waals surface area contributed by atoms with Gasteiger partial charge in [-0.05, 0) is 18.2 Å². The number of nitrogens with one attached hydrogen (secondary N) is 1. The minimum absolute atomic E-state index is 0.0727. The molecule has 1 unspecified atom stereocenters. The van der Waals surface area contributed by atoms with Crippen LogP contribution < -0.4 is 5.32 Å². The molecule has 25 heavy (non-hydrogen) atoms. The molecule has 132 valence electrons. The van der Waals surface area contributed by atoms with Crippen LogP contribution in [0.15, 0.2) is 73.2 Å². The first-order valence-corrected chi connectivity index (χ1v) is 7.85. The molecule has 0 bridgehead atoms. The van der Waals surface area contributed by atoms with Crippen LogP contribution in [0.25, 0.3) is 0 Å². The van der Waals surface area contributed by atoms with Crippen LogP contribution in [-0.2, 0) is 23.8 Å². The van der Waals surface area contributed by atoms with Crippen LogP contribution >= 0.6 is 11.6 Å². The molecule has 0 aromatic heterocycles.